The van der Waals surface area contributed by atoms with Gasteiger partial charge in [-0.25, -0.2) is 4.98 Å². The summed E-state index contributed by atoms with van der Waals surface area (Å²) < 4.78 is 0. The molecule has 0 unspecified atom stereocenters. The van der Waals surface area contributed by atoms with Crippen LogP contribution in [0.2, 0.25) is 0 Å². The molecule has 7 heteroatoms. The third-order valence-corrected chi connectivity index (χ3v) is 1.83. The van der Waals surface area contributed by atoms with Gasteiger partial charge in [0.1, 0.15) is 5.69 Å². The maximum absolute atomic E-state index is 11.6. The quantitative estimate of drug-likeness (QED) is 0.264. The van der Waals surface area contributed by atoms with Gasteiger partial charge in [-0.15, -0.1) is 0 Å². The Morgan fingerprint density at radius 2 is 1.72 bits per heavy atom. The number of amides is 1. The molecule has 0 bridgehead atoms. The minimum Gasteiger partial charge on any atom is -1.00 e. The van der Waals surface area contributed by atoms with Crippen LogP contribution in [-0.2, 0) is 27.7 Å². The van der Waals surface area contributed by atoms with Gasteiger partial charge in [-0.3, -0.25) is 9.78 Å². The Hall–Kier alpha value is 0.165. The first-order valence-corrected chi connectivity index (χ1v) is 4.49. The number of rotatable bonds is 2. The summed E-state index contributed by atoms with van der Waals surface area (Å²) in [6.07, 6.45) is 4.44. The summed E-state index contributed by atoms with van der Waals surface area (Å²) >= 11 is 0. The molecule has 0 saturated carbocycles. The molecule has 1 N–H and O–H groups in total. The molecule has 1 amide bonds. The monoisotopic (exact) mass is 655 g/mol. The number of anilines is 1. The van der Waals surface area contributed by atoms with Crippen molar-refractivity contribution in [3.8, 4) is 0 Å². The van der Waals surface area contributed by atoms with Crippen molar-refractivity contribution >= 4 is 11.6 Å². The molecule has 0 radical (unpaired) electrons. The first kappa shape index (κ1) is 20.5. The van der Waals surface area contributed by atoms with E-state index in [4.69, 9.17) is 0 Å². The van der Waals surface area contributed by atoms with E-state index in [-0.39, 0.29) is 81.5 Å². The molecule has 1 aromatic heterocycles. The summed E-state index contributed by atoms with van der Waals surface area (Å²) in [5.74, 6) is -0.255. The molecular weight excluding hydrogens is 645 g/mol. The Bertz CT molecular complexity index is 456. The van der Waals surface area contributed by atoms with Crippen LogP contribution >= 0.6 is 0 Å². The Kier molecular flexibility index (Phi) is 12.6. The smallest absolute Gasteiger partial charge is 1.00 e. The fourth-order valence-corrected chi connectivity index (χ4v) is 1.13. The van der Waals surface area contributed by atoms with Gasteiger partial charge >= 0.3 is 27.7 Å². The van der Waals surface area contributed by atoms with Crippen LogP contribution < -0.4 is 53.3 Å². The van der Waals surface area contributed by atoms with Gasteiger partial charge in [0.2, 0.25) is 0 Å². The molecule has 90 valence electrons. The minimum atomic E-state index is -0.255. The number of para-hydroxylation sites is 1. The summed E-state index contributed by atoms with van der Waals surface area (Å²) in [5.41, 5.74) is 1.05. The van der Waals surface area contributed by atoms with E-state index in [9.17, 15) is 4.79 Å². The van der Waals surface area contributed by atoms with E-state index < -0.39 is 0 Å². The Labute approximate surface area is 160 Å². The van der Waals surface area contributed by atoms with E-state index >= 15 is 0 Å². The predicted octanol–water partition coefficient (Wildman–Crippen LogP) is -4.27. The van der Waals surface area contributed by atoms with E-state index in [1.165, 1.54) is 18.6 Å². The number of hydrogen-bond acceptors (Lipinski definition) is 3. The predicted molar refractivity (Wildman–Crippen MR) is 56.4 cm³/mol. The molecule has 0 fully saturated rings. The minimum absolute atomic E-state index is 0. The summed E-state index contributed by atoms with van der Waals surface area (Å²) in [4.78, 5) is 19.3. The van der Waals surface area contributed by atoms with Crippen LogP contribution in [0.25, 0.3) is 0 Å². The third kappa shape index (κ3) is 6.37. The first-order chi connectivity index (χ1) is 7.36. The number of halogens is 2. The molecule has 2 rings (SSSR count). The van der Waals surface area contributed by atoms with Crippen molar-refractivity contribution < 1.29 is 80.4 Å². The topological polar surface area (TPSA) is 54.9 Å². The number of nitrogens with one attached hydrogen (secondary N) is 1. The number of aromatic nitrogens is 2. The summed E-state index contributed by atoms with van der Waals surface area (Å²) in [7, 11) is 0. The second-order valence-electron chi connectivity index (χ2n) is 2.91. The van der Waals surface area contributed by atoms with Crippen molar-refractivity contribution in [3.05, 3.63) is 54.6 Å². The molecule has 18 heavy (non-hydrogen) atoms. The van der Waals surface area contributed by atoms with Crippen molar-refractivity contribution in [2.75, 3.05) is 5.32 Å². The van der Waals surface area contributed by atoms with E-state index in [2.05, 4.69) is 15.3 Å². The van der Waals surface area contributed by atoms with E-state index in [0.29, 0.717) is 5.69 Å². The van der Waals surface area contributed by atoms with Gasteiger partial charge < -0.3 is 53.3 Å². The van der Waals surface area contributed by atoms with E-state index in [1.807, 2.05) is 30.3 Å². The number of carbonyl (C=O) groups excluding carboxylic acids is 1. The van der Waals surface area contributed by atoms with Gasteiger partial charge in [-0.2, -0.15) is 0 Å². The molecule has 0 spiro atoms. The first-order valence-electron chi connectivity index (χ1n) is 4.49. The SMILES string of the molecule is O=C(Nc1ccccc1)c1cnccn1.[Hg+2].[I-].[I-]. The van der Waals surface area contributed by atoms with Gasteiger partial charge in [-0.05, 0) is 12.1 Å². The van der Waals surface area contributed by atoms with Gasteiger partial charge in [0.25, 0.3) is 5.91 Å². The zero-order valence-corrected chi connectivity index (χ0v) is 19.2. The third-order valence-electron chi connectivity index (χ3n) is 1.83. The summed E-state index contributed by atoms with van der Waals surface area (Å²) in [5, 5.41) is 2.72. The standard InChI is InChI=1S/C11H9N3O.Hg.2HI/c15-11(10-8-12-6-7-13-10)14-9-4-2-1-3-5-9;;;/h1-8H,(H,14,15);;2*1H/q;+2;;/p-2. The van der Waals surface area contributed by atoms with Gasteiger partial charge in [0.05, 0.1) is 6.20 Å². The molecular formula is C11H9HgI2N3O. The number of benzene rings is 1. The molecule has 4 nitrogen and oxygen atoms in total. The summed E-state index contributed by atoms with van der Waals surface area (Å²) in [6, 6.07) is 9.22. The van der Waals surface area contributed by atoms with Crippen molar-refractivity contribution in [1.82, 2.24) is 9.97 Å². The number of carbonyl (C=O) groups is 1. The second kappa shape index (κ2) is 11.0. The van der Waals surface area contributed by atoms with Crippen LogP contribution in [0.1, 0.15) is 10.5 Å². The molecule has 1 heterocycles. The maximum Gasteiger partial charge on any atom is 2.00 e. The normalized spacial score (nSPS) is 8.00. The fraction of sp³-hybridized carbons (Fsp3) is 0. The summed E-state index contributed by atoms with van der Waals surface area (Å²) in [6.45, 7) is 0. The zero-order chi connectivity index (χ0) is 10.5. The zero-order valence-electron chi connectivity index (χ0n) is 9.38. The molecule has 0 aliphatic carbocycles. The Morgan fingerprint density at radius 1 is 1.06 bits per heavy atom. The molecule has 1 aromatic carbocycles. The van der Waals surface area contributed by atoms with Crippen molar-refractivity contribution in [3.63, 3.8) is 0 Å². The molecule has 0 aliphatic rings. The van der Waals surface area contributed by atoms with Gasteiger partial charge in [-0.1, -0.05) is 18.2 Å². The largest absolute Gasteiger partial charge is 2.00 e. The van der Waals surface area contributed by atoms with Crippen LogP contribution in [0.3, 0.4) is 0 Å². The molecule has 0 atom stereocenters. The molecule has 0 saturated heterocycles. The number of nitrogens with zero attached hydrogens (tertiary/aromatic N) is 2. The number of hydrogen-bond donors (Lipinski definition) is 1. The Morgan fingerprint density at radius 3 is 2.28 bits per heavy atom. The molecule has 0 aliphatic heterocycles. The Balaban J connectivity index is 0. The van der Waals surface area contributed by atoms with Crippen molar-refractivity contribution in [1.29, 1.82) is 0 Å². The van der Waals surface area contributed by atoms with Crippen LogP contribution in [0.4, 0.5) is 5.69 Å². The van der Waals surface area contributed by atoms with Crippen LogP contribution in [0.5, 0.6) is 0 Å². The van der Waals surface area contributed by atoms with Crippen LogP contribution in [-0.4, -0.2) is 15.9 Å². The van der Waals surface area contributed by atoms with Crippen LogP contribution in [0.15, 0.2) is 48.9 Å². The second-order valence-corrected chi connectivity index (χ2v) is 2.91. The average Bonchev–Trinajstić information content (AvgIpc) is 2.31. The average molecular weight is 654 g/mol. The van der Waals surface area contributed by atoms with Crippen LogP contribution in [0, 0.1) is 0 Å². The maximum atomic E-state index is 11.6. The van der Waals surface area contributed by atoms with Crippen molar-refractivity contribution in [2.45, 2.75) is 0 Å². The van der Waals surface area contributed by atoms with Gasteiger partial charge in [0, 0.05) is 18.1 Å². The van der Waals surface area contributed by atoms with E-state index in [1.54, 1.807) is 0 Å². The van der Waals surface area contributed by atoms with Crippen molar-refractivity contribution in [2.24, 2.45) is 0 Å². The van der Waals surface area contributed by atoms with E-state index in [0.717, 1.165) is 5.69 Å². The molecule has 2 aromatic rings. The van der Waals surface area contributed by atoms with Gasteiger partial charge in [0.15, 0.2) is 0 Å². The fourth-order valence-electron chi connectivity index (χ4n) is 1.13.